The van der Waals surface area contributed by atoms with Gasteiger partial charge in [0, 0.05) is 41.2 Å². The van der Waals surface area contributed by atoms with Gasteiger partial charge in [-0.1, -0.05) is 18.2 Å². The Hall–Kier alpha value is -3.64. The number of benzene rings is 2. The normalized spacial score (nSPS) is 15.3. The Morgan fingerprint density at radius 2 is 1.79 bits per heavy atom. The summed E-state index contributed by atoms with van der Waals surface area (Å²) in [6.45, 7) is 0. The molecule has 0 N–H and O–H groups in total. The Kier molecular flexibility index (Phi) is 5.38. The van der Waals surface area contributed by atoms with Gasteiger partial charge in [-0.05, 0) is 24.6 Å². The molecule has 0 spiro atoms. The first kappa shape index (κ1) is 21.2. The quantitative estimate of drug-likeness (QED) is 0.351. The summed E-state index contributed by atoms with van der Waals surface area (Å²) in [5.41, 5.74) is 3.05. The summed E-state index contributed by atoms with van der Waals surface area (Å²) in [5.74, 6) is 2.24. The zero-order valence-electron chi connectivity index (χ0n) is 19.5. The second-order valence-corrected chi connectivity index (χ2v) is 8.09. The second-order valence-electron chi connectivity index (χ2n) is 8.09. The van der Waals surface area contributed by atoms with Crippen LogP contribution in [0.3, 0.4) is 0 Å². The standard InChI is InChI=1S/C27H27N2O4/c1-29-15-21-17(10-11-22(30-2)26(21)32-4)19-9-8-18-20(25(19)29)13-23(31-3)27(33-5)24(18)16-7-6-12-28-14-16/h6-10,12-15,22H,11H2,1-5H3/q+1. The topological polar surface area (TPSA) is 53.7 Å². The van der Waals surface area contributed by atoms with Gasteiger partial charge in [-0.2, -0.15) is 4.57 Å². The Bertz CT molecular complexity index is 1500. The van der Waals surface area contributed by atoms with Gasteiger partial charge in [0.2, 0.25) is 5.52 Å². The predicted molar refractivity (Wildman–Crippen MR) is 129 cm³/mol. The van der Waals surface area contributed by atoms with E-state index in [-0.39, 0.29) is 6.10 Å². The number of pyridine rings is 2. The van der Waals surface area contributed by atoms with Crippen molar-refractivity contribution in [3.05, 3.63) is 59.4 Å². The highest BCUT2D eigenvalue weighted by atomic mass is 16.5. The summed E-state index contributed by atoms with van der Waals surface area (Å²) in [5, 5.41) is 5.52. The number of hydrogen-bond donors (Lipinski definition) is 0. The zero-order valence-corrected chi connectivity index (χ0v) is 19.5. The van der Waals surface area contributed by atoms with E-state index in [2.05, 4.69) is 47.1 Å². The number of fused-ring (bicyclic) bond motifs is 5. The molecule has 6 heteroatoms. The van der Waals surface area contributed by atoms with E-state index >= 15 is 0 Å². The van der Waals surface area contributed by atoms with Crippen LogP contribution in [0.2, 0.25) is 0 Å². The van der Waals surface area contributed by atoms with Crippen molar-refractivity contribution >= 4 is 33.5 Å². The third kappa shape index (κ3) is 3.21. The molecule has 4 aromatic rings. The summed E-state index contributed by atoms with van der Waals surface area (Å²) >= 11 is 0. The van der Waals surface area contributed by atoms with Crippen molar-refractivity contribution in [2.45, 2.75) is 12.5 Å². The molecule has 0 bridgehead atoms. The van der Waals surface area contributed by atoms with Crippen LogP contribution in [0.5, 0.6) is 11.5 Å². The van der Waals surface area contributed by atoms with Crippen LogP contribution in [0.4, 0.5) is 0 Å². The van der Waals surface area contributed by atoms with Crippen LogP contribution >= 0.6 is 0 Å². The van der Waals surface area contributed by atoms with E-state index in [0.717, 1.165) is 55.4 Å². The fourth-order valence-corrected chi connectivity index (χ4v) is 5.00. The van der Waals surface area contributed by atoms with Crippen LogP contribution in [0.25, 0.3) is 44.6 Å². The molecule has 33 heavy (non-hydrogen) atoms. The molecule has 1 atom stereocenters. The maximum absolute atomic E-state index is 5.82. The van der Waals surface area contributed by atoms with E-state index in [4.69, 9.17) is 18.9 Å². The number of aromatic nitrogens is 2. The van der Waals surface area contributed by atoms with E-state index in [9.17, 15) is 0 Å². The molecule has 5 rings (SSSR count). The van der Waals surface area contributed by atoms with Crippen LogP contribution in [0.15, 0.2) is 48.9 Å². The van der Waals surface area contributed by atoms with Gasteiger partial charge in [-0.3, -0.25) is 4.98 Å². The predicted octanol–water partition coefficient (Wildman–Crippen LogP) is 2.85. The largest absolute Gasteiger partial charge is 0.497 e. The molecular weight excluding hydrogens is 416 g/mol. The van der Waals surface area contributed by atoms with Gasteiger partial charge >= 0.3 is 0 Å². The summed E-state index contributed by atoms with van der Waals surface area (Å²) in [6.07, 6.45) is 8.67. The van der Waals surface area contributed by atoms with Gasteiger partial charge in [0.15, 0.2) is 17.7 Å². The molecule has 2 aromatic carbocycles. The highest BCUT2D eigenvalue weighted by Crippen LogP contribution is 2.44. The maximum atomic E-state index is 5.82. The van der Waals surface area contributed by atoms with E-state index in [0.29, 0.717) is 11.5 Å². The van der Waals surface area contributed by atoms with Crippen molar-refractivity contribution in [1.29, 1.82) is 0 Å². The third-order valence-electron chi connectivity index (χ3n) is 6.44. The molecule has 6 nitrogen and oxygen atoms in total. The summed E-state index contributed by atoms with van der Waals surface area (Å²) in [6, 6.07) is 10.4. The van der Waals surface area contributed by atoms with Gasteiger partial charge in [0.05, 0.1) is 37.3 Å². The van der Waals surface area contributed by atoms with E-state index in [1.54, 1.807) is 34.6 Å². The van der Waals surface area contributed by atoms with Crippen LogP contribution in [-0.4, -0.2) is 39.5 Å². The number of ether oxygens (including phenoxy) is 4. The van der Waals surface area contributed by atoms with Crippen molar-refractivity contribution in [3.63, 3.8) is 0 Å². The lowest BCUT2D eigenvalue weighted by Crippen LogP contribution is -2.45. The summed E-state index contributed by atoms with van der Waals surface area (Å²) < 4.78 is 25.2. The summed E-state index contributed by atoms with van der Waals surface area (Å²) in [7, 11) is 8.83. The van der Waals surface area contributed by atoms with Crippen LogP contribution in [0, 0.1) is 0 Å². The molecule has 1 aliphatic carbocycles. The van der Waals surface area contributed by atoms with Crippen molar-refractivity contribution < 1.29 is 23.5 Å². The zero-order chi connectivity index (χ0) is 23.1. The number of hydrogen-bond acceptors (Lipinski definition) is 5. The van der Waals surface area contributed by atoms with Crippen molar-refractivity contribution in [3.8, 4) is 22.6 Å². The Morgan fingerprint density at radius 3 is 2.45 bits per heavy atom. The average Bonchev–Trinajstić information content (AvgIpc) is 2.86. The summed E-state index contributed by atoms with van der Waals surface area (Å²) in [4.78, 5) is 4.33. The first-order valence-electron chi connectivity index (χ1n) is 10.8. The average molecular weight is 444 g/mol. The highest BCUT2D eigenvalue weighted by molar-refractivity contribution is 6.12. The van der Waals surface area contributed by atoms with Gasteiger partial charge in [-0.25, -0.2) is 0 Å². The number of aryl methyl sites for hydroxylation is 1. The molecule has 2 aromatic heterocycles. The second kappa shape index (κ2) is 8.37. The van der Waals surface area contributed by atoms with E-state index < -0.39 is 0 Å². The van der Waals surface area contributed by atoms with Crippen LogP contribution in [0.1, 0.15) is 6.42 Å². The molecule has 2 heterocycles. The monoisotopic (exact) mass is 443 g/mol. The Balaban J connectivity index is 1.97. The van der Waals surface area contributed by atoms with Gasteiger partial charge in [0.1, 0.15) is 18.9 Å². The van der Waals surface area contributed by atoms with Crippen molar-refractivity contribution in [2.75, 3.05) is 28.4 Å². The maximum Gasteiger partial charge on any atom is 0.220 e. The number of rotatable bonds is 5. The molecule has 168 valence electrons. The molecule has 0 saturated heterocycles. The van der Waals surface area contributed by atoms with Crippen molar-refractivity contribution in [2.24, 2.45) is 7.05 Å². The van der Waals surface area contributed by atoms with Gasteiger partial charge in [-0.15, -0.1) is 0 Å². The fourth-order valence-electron chi connectivity index (χ4n) is 5.00. The number of methoxy groups -OCH3 is 4. The lowest BCUT2D eigenvalue weighted by Gasteiger charge is -2.20. The fraction of sp³-hybridized carbons (Fsp3) is 0.259. The van der Waals surface area contributed by atoms with Crippen LogP contribution in [-0.2, 0) is 16.5 Å². The first-order valence-corrected chi connectivity index (χ1v) is 10.8. The van der Waals surface area contributed by atoms with Gasteiger partial charge in [0.25, 0.3) is 0 Å². The Labute approximate surface area is 192 Å². The molecule has 0 aliphatic heterocycles. The van der Waals surface area contributed by atoms with Crippen LogP contribution < -0.4 is 24.5 Å². The molecule has 0 saturated carbocycles. The smallest absolute Gasteiger partial charge is 0.220 e. The lowest BCUT2D eigenvalue weighted by atomic mass is 9.93. The third-order valence-corrected chi connectivity index (χ3v) is 6.44. The minimum Gasteiger partial charge on any atom is -0.497 e. The minimum absolute atomic E-state index is 0.0815. The molecule has 1 unspecified atom stereocenters. The highest BCUT2D eigenvalue weighted by Gasteiger charge is 2.25. The van der Waals surface area contributed by atoms with E-state index in [1.165, 1.54) is 0 Å². The van der Waals surface area contributed by atoms with Crippen molar-refractivity contribution in [1.82, 2.24) is 4.98 Å². The molecule has 0 radical (unpaired) electrons. The molecule has 0 amide bonds. The lowest BCUT2D eigenvalue weighted by molar-refractivity contribution is -0.644. The molecular formula is C27H27N2O4+. The molecule has 0 fully saturated rings. The van der Waals surface area contributed by atoms with E-state index in [1.807, 2.05) is 18.3 Å². The Morgan fingerprint density at radius 1 is 0.970 bits per heavy atom. The number of nitrogens with zero attached hydrogens (tertiary/aromatic N) is 2. The minimum atomic E-state index is -0.0815. The molecule has 1 aliphatic rings. The van der Waals surface area contributed by atoms with Gasteiger partial charge < -0.3 is 18.9 Å². The SMILES string of the molecule is COC1=c2c[n+](C)c3c(ccc4c(-c5cccnc5)c(OC)c(OC)cc43)c2=CCC1OC. The first-order chi connectivity index (χ1) is 16.1.